The molecule has 1 heterocycles. The van der Waals surface area contributed by atoms with Gasteiger partial charge in [-0.3, -0.25) is 9.59 Å². The third kappa shape index (κ3) is 5.53. The Morgan fingerprint density at radius 1 is 1.17 bits per heavy atom. The van der Waals surface area contributed by atoms with Gasteiger partial charge in [0.25, 0.3) is 5.91 Å². The van der Waals surface area contributed by atoms with E-state index in [9.17, 15) is 30.0 Å². The van der Waals surface area contributed by atoms with Crippen molar-refractivity contribution in [3.05, 3.63) is 47.8 Å². The van der Waals surface area contributed by atoms with Crippen molar-refractivity contribution in [3.8, 4) is 0 Å². The fraction of sp³-hybridized carbons (Fsp3) is 0.655. The molecule has 1 saturated heterocycles. The van der Waals surface area contributed by atoms with Crippen molar-refractivity contribution in [2.45, 2.75) is 78.7 Å². The standard InChI is InChI=1S/C29H43NO6/c1-6-22(32)17(3)9-7-8-10-21(31)15-20-12-11-19-14-16(2)13-18(4)24(19)29(20,5)26(34)23-25(33)28(36)30-27(23)35/h7-12,16-22,24,28,31-32,34,36H,6,13-15H2,1-5H3,(H,30,35)/b9-7+,10-8+,26-23?/t16-,17-,18-,19-,20-,21+,22+,24-,28-,29-/m1/s1. The summed E-state index contributed by atoms with van der Waals surface area (Å²) in [4.78, 5) is 25.1. The summed E-state index contributed by atoms with van der Waals surface area (Å²) in [6, 6.07) is 0. The maximum atomic E-state index is 12.6. The Morgan fingerprint density at radius 2 is 1.83 bits per heavy atom. The second-order valence-corrected chi connectivity index (χ2v) is 11.4. The van der Waals surface area contributed by atoms with E-state index in [2.05, 4.69) is 25.2 Å². The molecule has 5 N–H and O–H groups in total. The van der Waals surface area contributed by atoms with E-state index in [1.807, 2.05) is 39.0 Å². The first-order valence-electron chi connectivity index (χ1n) is 13.3. The van der Waals surface area contributed by atoms with E-state index in [0.717, 1.165) is 12.8 Å². The Kier molecular flexibility index (Phi) is 9.02. The van der Waals surface area contributed by atoms with Crippen LogP contribution in [0.4, 0.5) is 0 Å². The van der Waals surface area contributed by atoms with Crippen LogP contribution in [-0.4, -0.2) is 50.6 Å². The summed E-state index contributed by atoms with van der Waals surface area (Å²) < 4.78 is 0. The highest BCUT2D eigenvalue weighted by molar-refractivity contribution is 6.26. The zero-order chi connectivity index (χ0) is 26.8. The molecule has 200 valence electrons. The molecule has 0 spiro atoms. The number of amides is 1. The number of allylic oxidation sites excluding steroid dienone is 5. The van der Waals surface area contributed by atoms with Crippen LogP contribution in [0.25, 0.3) is 0 Å². The first-order chi connectivity index (χ1) is 16.9. The van der Waals surface area contributed by atoms with Crippen molar-refractivity contribution in [1.82, 2.24) is 5.32 Å². The summed E-state index contributed by atoms with van der Waals surface area (Å²) in [6.45, 7) is 10.1. The molecule has 36 heavy (non-hydrogen) atoms. The van der Waals surface area contributed by atoms with E-state index in [0.29, 0.717) is 18.8 Å². The first-order valence-corrected chi connectivity index (χ1v) is 13.3. The van der Waals surface area contributed by atoms with E-state index < -0.39 is 35.5 Å². The van der Waals surface area contributed by atoms with Crippen LogP contribution in [0, 0.1) is 40.9 Å². The lowest BCUT2D eigenvalue weighted by Gasteiger charge is -2.54. The molecular formula is C29H43NO6. The third-order valence-electron chi connectivity index (χ3n) is 8.69. The van der Waals surface area contributed by atoms with Crippen LogP contribution in [0.15, 0.2) is 47.8 Å². The minimum Gasteiger partial charge on any atom is -0.511 e. The predicted molar refractivity (Wildman–Crippen MR) is 138 cm³/mol. The van der Waals surface area contributed by atoms with Gasteiger partial charge in [-0.05, 0) is 55.3 Å². The molecule has 1 aliphatic heterocycles. The van der Waals surface area contributed by atoms with Crippen LogP contribution < -0.4 is 5.32 Å². The lowest BCUT2D eigenvalue weighted by molar-refractivity contribution is -0.123. The molecule has 1 saturated carbocycles. The second-order valence-electron chi connectivity index (χ2n) is 11.4. The largest absolute Gasteiger partial charge is 0.511 e. The minimum absolute atomic E-state index is 0.00231. The Morgan fingerprint density at radius 3 is 2.44 bits per heavy atom. The topological polar surface area (TPSA) is 127 Å². The number of aliphatic hydroxyl groups excluding tert-OH is 4. The maximum absolute atomic E-state index is 12.6. The van der Waals surface area contributed by atoms with Crippen molar-refractivity contribution < 1.29 is 30.0 Å². The molecule has 0 bridgehead atoms. The molecule has 0 aromatic carbocycles. The zero-order valence-corrected chi connectivity index (χ0v) is 22.1. The molecule has 0 aromatic rings. The van der Waals surface area contributed by atoms with Gasteiger partial charge in [-0.25, -0.2) is 0 Å². The SMILES string of the molecule is CC[C@H](O)[C@H](C)/C=C/C=C/[C@H](O)C[C@H]1C=C[C@@H]2C[C@H](C)C[C@@H](C)[C@H]2[C@]1(C)C(O)=C1C(=O)N[C@H](O)C1=O. The monoisotopic (exact) mass is 501 g/mol. The van der Waals surface area contributed by atoms with Gasteiger partial charge in [-0.2, -0.15) is 0 Å². The summed E-state index contributed by atoms with van der Waals surface area (Å²) in [5, 5.41) is 44.4. The van der Waals surface area contributed by atoms with E-state index in [1.165, 1.54) is 0 Å². The van der Waals surface area contributed by atoms with Crippen LogP contribution in [0.2, 0.25) is 0 Å². The number of hydrogen-bond acceptors (Lipinski definition) is 6. The van der Waals surface area contributed by atoms with Crippen LogP contribution in [0.3, 0.4) is 0 Å². The second kappa shape index (κ2) is 11.4. The Labute approximate surface area is 214 Å². The minimum atomic E-state index is -1.65. The summed E-state index contributed by atoms with van der Waals surface area (Å²) in [6.07, 6.45) is 11.3. The van der Waals surface area contributed by atoms with Gasteiger partial charge in [0, 0.05) is 11.3 Å². The predicted octanol–water partition coefficient (Wildman–Crippen LogP) is 3.58. The molecule has 7 heteroatoms. The number of carbonyl (C=O) groups is 2. The maximum Gasteiger partial charge on any atom is 0.260 e. The Bertz CT molecular complexity index is 951. The quantitative estimate of drug-likeness (QED) is 0.114. The lowest BCUT2D eigenvalue weighted by Crippen LogP contribution is -2.49. The molecular weight excluding hydrogens is 458 g/mol. The van der Waals surface area contributed by atoms with Gasteiger partial charge in [0.2, 0.25) is 5.78 Å². The van der Waals surface area contributed by atoms with Crippen molar-refractivity contribution in [2.24, 2.45) is 40.9 Å². The fourth-order valence-corrected chi connectivity index (χ4v) is 6.80. The van der Waals surface area contributed by atoms with Crippen LogP contribution >= 0.6 is 0 Å². The number of aliphatic hydroxyl groups is 4. The lowest BCUT2D eigenvalue weighted by atomic mass is 9.50. The van der Waals surface area contributed by atoms with Gasteiger partial charge >= 0.3 is 0 Å². The van der Waals surface area contributed by atoms with Crippen molar-refractivity contribution in [1.29, 1.82) is 0 Å². The molecule has 0 aromatic heterocycles. The van der Waals surface area contributed by atoms with E-state index in [4.69, 9.17) is 0 Å². The molecule has 7 nitrogen and oxygen atoms in total. The van der Waals surface area contributed by atoms with Crippen LogP contribution in [0.1, 0.15) is 60.3 Å². The average Bonchev–Trinajstić information content (AvgIpc) is 3.07. The molecule has 2 fully saturated rings. The molecule has 2 aliphatic carbocycles. The number of rotatable bonds is 8. The number of carbonyl (C=O) groups excluding carboxylic acids is 2. The molecule has 3 aliphatic rings. The van der Waals surface area contributed by atoms with E-state index in [1.54, 1.807) is 12.2 Å². The Hall–Kier alpha value is -2.22. The highest BCUT2D eigenvalue weighted by Crippen LogP contribution is 2.58. The molecule has 10 atom stereocenters. The van der Waals surface area contributed by atoms with Gasteiger partial charge < -0.3 is 25.7 Å². The fourth-order valence-electron chi connectivity index (χ4n) is 6.80. The van der Waals surface area contributed by atoms with Gasteiger partial charge in [0.15, 0.2) is 6.23 Å². The van der Waals surface area contributed by atoms with Gasteiger partial charge in [-0.15, -0.1) is 0 Å². The van der Waals surface area contributed by atoms with Crippen LogP contribution in [0.5, 0.6) is 0 Å². The molecule has 1 amide bonds. The number of fused-ring (bicyclic) bond motifs is 1. The summed E-state index contributed by atoms with van der Waals surface area (Å²) >= 11 is 0. The van der Waals surface area contributed by atoms with Crippen molar-refractivity contribution >= 4 is 11.7 Å². The summed E-state index contributed by atoms with van der Waals surface area (Å²) in [5.74, 6) is -1.28. The zero-order valence-electron chi connectivity index (χ0n) is 22.1. The van der Waals surface area contributed by atoms with Crippen LogP contribution in [-0.2, 0) is 9.59 Å². The molecule has 3 rings (SSSR count). The van der Waals surface area contributed by atoms with Gasteiger partial charge in [0.1, 0.15) is 11.3 Å². The third-order valence-corrected chi connectivity index (χ3v) is 8.69. The smallest absolute Gasteiger partial charge is 0.260 e. The van der Waals surface area contributed by atoms with Gasteiger partial charge in [0.05, 0.1) is 12.2 Å². The highest BCUT2D eigenvalue weighted by Gasteiger charge is 2.55. The number of hydrogen-bond donors (Lipinski definition) is 5. The normalized spacial score (nSPS) is 38.8. The summed E-state index contributed by atoms with van der Waals surface area (Å²) in [7, 11) is 0. The van der Waals surface area contributed by atoms with Crippen molar-refractivity contribution in [2.75, 3.05) is 0 Å². The highest BCUT2D eigenvalue weighted by atomic mass is 16.3. The first kappa shape index (κ1) is 28.4. The summed E-state index contributed by atoms with van der Waals surface area (Å²) in [5.41, 5.74) is -1.33. The average molecular weight is 502 g/mol. The van der Waals surface area contributed by atoms with Gasteiger partial charge in [-0.1, -0.05) is 71.1 Å². The molecule has 0 radical (unpaired) electrons. The van der Waals surface area contributed by atoms with Crippen molar-refractivity contribution in [3.63, 3.8) is 0 Å². The van der Waals surface area contributed by atoms with E-state index >= 15 is 0 Å². The van der Waals surface area contributed by atoms with E-state index in [-0.39, 0.29) is 40.9 Å². The number of ketones is 1. The number of nitrogens with one attached hydrogen (secondary N) is 1. The Balaban J connectivity index is 1.93. The molecule has 0 unspecified atom stereocenters. The number of Topliss-reactive ketones (excluding diaryl/α,β-unsaturated/α-hetero) is 1.